The second kappa shape index (κ2) is 21.7. The molecule has 4 aliphatic rings. The molecule has 4 saturated heterocycles. The van der Waals surface area contributed by atoms with Gasteiger partial charge >= 0.3 is 11.7 Å². The number of anilines is 3. The van der Waals surface area contributed by atoms with E-state index in [4.69, 9.17) is 10.5 Å². The van der Waals surface area contributed by atoms with Gasteiger partial charge in [-0.05, 0) is 94.1 Å². The second-order valence-corrected chi connectivity index (χ2v) is 19.6. The van der Waals surface area contributed by atoms with E-state index in [9.17, 15) is 33.2 Å². The number of rotatable bonds is 14. The highest BCUT2D eigenvalue weighted by Gasteiger charge is 2.34. The number of carbonyl (C=O) groups excluding carboxylic acids is 5. The van der Waals surface area contributed by atoms with Gasteiger partial charge in [0.05, 0.1) is 35.2 Å². The van der Waals surface area contributed by atoms with E-state index in [1.54, 1.807) is 48.1 Å². The molecule has 74 heavy (non-hydrogen) atoms. The molecule has 7 heterocycles. The van der Waals surface area contributed by atoms with Gasteiger partial charge in [0.2, 0.25) is 23.8 Å². The molecule has 0 spiro atoms. The molecule has 4 amide bonds. The minimum Gasteiger partial charge on any atom is -0.442 e. The number of piperidine rings is 3. The third-order valence-electron chi connectivity index (χ3n) is 14.9. The number of nitrogens with two attached hydrogens (primary N) is 1. The van der Waals surface area contributed by atoms with Gasteiger partial charge in [0.15, 0.2) is 11.5 Å². The number of imidazole rings is 1. The van der Waals surface area contributed by atoms with E-state index in [0.29, 0.717) is 28.0 Å². The highest BCUT2D eigenvalue weighted by atomic mass is 19.1. The second-order valence-electron chi connectivity index (χ2n) is 19.6. The number of carbonyl (C=O) groups is 5. The van der Waals surface area contributed by atoms with Crippen LogP contribution in [-0.4, -0.2) is 139 Å². The van der Waals surface area contributed by atoms with Gasteiger partial charge in [-0.25, -0.2) is 23.9 Å². The topological polar surface area (TPSA) is 228 Å². The molecule has 21 heteroatoms. The van der Waals surface area contributed by atoms with Crippen molar-refractivity contribution in [3.63, 3.8) is 0 Å². The van der Waals surface area contributed by atoms with Gasteiger partial charge in [0, 0.05) is 100 Å². The van der Waals surface area contributed by atoms with Crippen LogP contribution >= 0.6 is 0 Å². The first-order valence-electron chi connectivity index (χ1n) is 25.4. The van der Waals surface area contributed by atoms with Gasteiger partial charge in [0.25, 0.3) is 5.91 Å². The average Bonchev–Trinajstić information content (AvgIpc) is 4.01. The highest BCUT2D eigenvalue weighted by molar-refractivity contribution is 6.00. The molecular weight excluding hydrogens is 950 g/mol. The Hall–Kier alpha value is -7.78. The summed E-state index contributed by atoms with van der Waals surface area (Å²) in [6.45, 7) is 8.46. The molecule has 0 aliphatic carbocycles. The molecule has 3 aromatic carbocycles. The van der Waals surface area contributed by atoms with E-state index in [1.807, 2.05) is 34.0 Å². The molecule has 4 aliphatic heterocycles. The molecule has 0 radical (unpaired) electrons. The first kappa shape index (κ1) is 49.8. The molecule has 0 bridgehead atoms. The van der Waals surface area contributed by atoms with E-state index in [-0.39, 0.29) is 53.8 Å². The molecule has 4 N–H and O–H groups in total. The smallest absolute Gasteiger partial charge is 0.361 e. The number of ether oxygens (including phenoxy) is 1. The number of hydrogen-bond acceptors (Lipinski definition) is 14. The number of esters is 1. The van der Waals surface area contributed by atoms with Crippen LogP contribution in [0.1, 0.15) is 79.2 Å². The van der Waals surface area contributed by atoms with Crippen LogP contribution in [0.4, 0.5) is 21.6 Å². The number of hydrogen-bond donors (Lipinski definition) is 3. The van der Waals surface area contributed by atoms with Crippen molar-refractivity contribution in [1.29, 1.82) is 0 Å². The van der Waals surface area contributed by atoms with Gasteiger partial charge in [-0.3, -0.25) is 43.2 Å². The zero-order chi connectivity index (χ0) is 51.5. The van der Waals surface area contributed by atoms with Crippen molar-refractivity contribution in [3.8, 4) is 11.3 Å². The first-order chi connectivity index (χ1) is 35.9. The Balaban J connectivity index is 0.651. The zero-order valence-corrected chi connectivity index (χ0v) is 41.3. The predicted molar refractivity (Wildman–Crippen MR) is 273 cm³/mol. The summed E-state index contributed by atoms with van der Waals surface area (Å²) >= 11 is 0. The Morgan fingerprint density at radius 3 is 2.27 bits per heavy atom. The van der Waals surface area contributed by atoms with Crippen molar-refractivity contribution in [1.82, 2.24) is 48.9 Å². The maximum atomic E-state index is 13.7. The minimum atomic E-state index is -1.36. The van der Waals surface area contributed by atoms with E-state index < -0.39 is 35.7 Å². The number of nitrogens with one attached hydrogen (secondary N) is 2. The van der Waals surface area contributed by atoms with Gasteiger partial charge in [-0.2, -0.15) is 5.10 Å². The van der Waals surface area contributed by atoms with Crippen molar-refractivity contribution in [3.05, 3.63) is 119 Å². The van der Waals surface area contributed by atoms with Gasteiger partial charge in [-0.1, -0.05) is 30.3 Å². The van der Waals surface area contributed by atoms with E-state index in [0.717, 1.165) is 109 Å². The van der Waals surface area contributed by atoms with Crippen molar-refractivity contribution in [2.45, 2.75) is 63.1 Å². The maximum absolute atomic E-state index is 13.7. The lowest BCUT2D eigenvalue weighted by Gasteiger charge is -2.39. The summed E-state index contributed by atoms with van der Waals surface area (Å²) in [5.74, 6) is -2.75. The third kappa shape index (κ3) is 10.8. The van der Waals surface area contributed by atoms with Crippen LogP contribution in [0.2, 0.25) is 0 Å². The summed E-state index contributed by atoms with van der Waals surface area (Å²) in [6.07, 6.45) is 8.55. The summed E-state index contributed by atoms with van der Waals surface area (Å²) in [5.41, 5.74) is 9.72. The quantitative estimate of drug-likeness (QED) is 0.102. The number of fused-ring (bicyclic) bond motifs is 1. The number of nitrogen functional groups attached to an aromatic ring is 1. The summed E-state index contributed by atoms with van der Waals surface area (Å²) in [5, 5.41) is 9.69. The lowest BCUT2D eigenvalue weighted by molar-refractivity contribution is -0.138. The standard InChI is InChI=1S/C53H60FN13O7/c1-61-44-30-40(12-13-42(44)67(53(61)73)43-14-15-45(68)60-49(43)69)64-24-16-35(17-25-64)51(71)65-28-26-63(27-29-65)21-5-20-62-22-18-39(19-23-62)66-33-36(31-57-66)41-32-56-48(55)46(59-41)52(72)74-47(34-6-3-2-4-7-34)50(70)58-38-10-8-37(54)9-11-38/h2-4,6-13,30-33,35,39,43,47H,5,14-29H2,1H3,(H2,55,56)(H,58,70)(H,60,68,69)/t43?,47-/m1/s1. The number of amides is 4. The number of nitrogens with zero attached hydrogens (tertiary/aromatic N) is 10. The van der Waals surface area contributed by atoms with Gasteiger partial charge < -0.3 is 30.5 Å². The molecule has 1 unspecified atom stereocenters. The van der Waals surface area contributed by atoms with Crippen LogP contribution in [-0.2, 0) is 31.0 Å². The lowest BCUT2D eigenvalue weighted by atomic mass is 9.94. The maximum Gasteiger partial charge on any atom is 0.361 e. The Morgan fingerprint density at radius 1 is 0.838 bits per heavy atom. The normalized spacial score (nSPS) is 18.9. The molecule has 2 atom stereocenters. The molecule has 20 nitrogen and oxygen atoms in total. The minimum absolute atomic E-state index is 0.0238. The predicted octanol–water partition coefficient (Wildman–Crippen LogP) is 4.32. The Bertz CT molecular complexity index is 3100. The lowest BCUT2D eigenvalue weighted by Crippen LogP contribution is -2.52. The first-order valence-corrected chi connectivity index (χ1v) is 25.4. The van der Waals surface area contributed by atoms with Crippen molar-refractivity contribution in [2.75, 3.05) is 81.4 Å². The number of imide groups is 1. The molecule has 4 fully saturated rings. The van der Waals surface area contributed by atoms with Crippen LogP contribution in [0, 0.1) is 11.7 Å². The fourth-order valence-corrected chi connectivity index (χ4v) is 10.7. The van der Waals surface area contributed by atoms with E-state index in [2.05, 4.69) is 40.4 Å². The fraction of sp³-hybridized carbons (Fsp3) is 0.415. The number of piperazine rings is 1. The summed E-state index contributed by atoms with van der Waals surface area (Å²) in [4.78, 5) is 96.4. The average molecular weight is 1010 g/mol. The monoisotopic (exact) mass is 1010 g/mol. The molecule has 6 aromatic rings. The molecule has 3 aromatic heterocycles. The fourth-order valence-electron chi connectivity index (χ4n) is 10.7. The number of aryl methyl sites for hydroxylation is 1. The summed E-state index contributed by atoms with van der Waals surface area (Å²) in [7, 11) is 1.70. The summed E-state index contributed by atoms with van der Waals surface area (Å²) < 4.78 is 24.2. The Morgan fingerprint density at radius 2 is 1.55 bits per heavy atom. The molecule has 386 valence electrons. The van der Waals surface area contributed by atoms with E-state index >= 15 is 0 Å². The van der Waals surface area contributed by atoms with Crippen LogP contribution < -0.4 is 27.0 Å². The van der Waals surface area contributed by atoms with Gasteiger partial charge in [0.1, 0.15) is 11.9 Å². The van der Waals surface area contributed by atoms with Crippen LogP contribution in [0.25, 0.3) is 22.3 Å². The molecular formula is C53H60FN13O7. The zero-order valence-electron chi connectivity index (χ0n) is 41.3. The number of benzene rings is 3. The van der Waals surface area contributed by atoms with Gasteiger partial charge in [-0.15, -0.1) is 0 Å². The molecule has 0 saturated carbocycles. The molecule has 10 rings (SSSR count). The van der Waals surface area contributed by atoms with Crippen LogP contribution in [0.5, 0.6) is 0 Å². The Labute approximate surface area is 426 Å². The number of likely N-dealkylation sites (tertiary alicyclic amines) is 1. The van der Waals surface area contributed by atoms with Crippen molar-refractivity contribution >= 4 is 57.8 Å². The SMILES string of the molecule is Cn1c(=O)n(C2CCC(=O)NC2=O)c2ccc(N3CCC(C(=O)N4CCN(CCCN5CCC(n6cc(-c7cnc(N)c(C(=O)O[C@@H](C(=O)Nc8ccc(F)cc8)c8ccccc8)n7)cn6)CC5)CC4)CC3)cc21. The number of aromatic nitrogens is 6. The summed E-state index contributed by atoms with van der Waals surface area (Å²) in [6, 6.07) is 19.1. The van der Waals surface area contributed by atoms with Crippen molar-refractivity contribution in [2.24, 2.45) is 13.0 Å². The largest absolute Gasteiger partial charge is 0.442 e. The van der Waals surface area contributed by atoms with Crippen LogP contribution in [0.15, 0.2) is 96.2 Å². The third-order valence-corrected chi connectivity index (χ3v) is 14.9. The Kier molecular flexibility index (Phi) is 14.6. The number of halogens is 1. The highest BCUT2D eigenvalue weighted by Crippen LogP contribution is 2.31. The van der Waals surface area contributed by atoms with Crippen LogP contribution in [0.3, 0.4) is 0 Å². The van der Waals surface area contributed by atoms with E-state index in [1.165, 1.54) is 35.0 Å². The van der Waals surface area contributed by atoms with Crippen molar-refractivity contribution < 1.29 is 33.1 Å².